The molecular weight excluding hydrogens is 328 g/mol. The van der Waals surface area contributed by atoms with Gasteiger partial charge in [-0.3, -0.25) is 4.98 Å². The Hall–Kier alpha value is -3.00. The number of hydrogen-bond acceptors (Lipinski definition) is 1. The predicted molar refractivity (Wildman–Crippen MR) is 111 cm³/mol. The standard InChI is InChI=1S/C25H23N2/c1-3-18-8-9-20-12-15-27-14-11-19-6-4-5-7-21(19)25(27)24(20)23(18)22-16-17(2)10-13-26-22/h4-11,13-14,16H,3,12,15H2,1-2H3/q+1. The first-order valence-corrected chi connectivity index (χ1v) is 9.75. The molecule has 1 aliphatic rings. The summed E-state index contributed by atoms with van der Waals surface area (Å²) in [4.78, 5) is 4.77. The van der Waals surface area contributed by atoms with Crippen molar-refractivity contribution in [2.24, 2.45) is 0 Å². The van der Waals surface area contributed by atoms with E-state index in [1.165, 1.54) is 44.3 Å². The van der Waals surface area contributed by atoms with Crippen LogP contribution in [0.1, 0.15) is 23.6 Å². The normalized spacial score (nSPS) is 12.7. The molecule has 0 bridgehead atoms. The second kappa shape index (κ2) is 6.31. The van der Waals surface area contributed by atoms with Crippen molar-refractivity contribution in [3.63, 3.8) is 0 Å². The van der Waals surface area contributed by atoms with Crippen molar-refractivity contribution >= 4 is 10.8 Å². The predicted octanol–water partition coefficient (Wildman–Crippen LogP) is 5.28. The molecule has 5 rings (SSSR count). The van der Waals surface area contributed by atoms with Gasteiger partial charge in [-0.25, -0.2) is 0 Å². The Morgan fingerprint density at radius 1 is 1.00 bits per heavy atom. The van der Waals surface area contributed by atoms with E-state index in [4.69, 9.17) is 4.98 Å². The molecule has 0 spiro atoms. The van der Waals surface area contributed by atoms with Gasteiger partial charge in [0.15, 0.2) is 12.7 Å². The first-order chi connectivity index (χ1) is 13.3. The second-order valence-electron chi connectivity index (χ2n) is 7.40. The zero-order valence-corrected chi connectivity index (χ0v) is 15.9. The van der Waals surface area contributed by atoms with Crippen molar-refractivity contribution < 1.29 is 4.57 Å². The van der Waals surface area contributed by atoms with E-state index in [0.29, 0.717) is 0 Å². The molecule has 2 aromatic heterocycles. The Balaban J connectivity index is 1.92. The molecule has 0 amide bonds. The number of hydrogen-bond donors (Lipinski definition) is 0. The van der Waals surface area contributed by atoms with E-state index in [2.05, 4.69) is 79.2 Å². The minimum absolute atomic E-state index is 1.00. The van der Waals surface area contributed by atoms with Crippen LogP contribution >= 0.6 is 0 Å². The molecule has 132 valence electrons. The number of pyridine rings is 2. The summed E-state index contributed by atoms with van der Waals surface area (Å²) in [6, 6.07) is 19.9. The quantitative estimate of drug-likeness (QED) is 0.449. The van der Waals surface area contributed by atoms with Gasteiger partial charge in [-0.2, -0.15) is 4.57 Å². The Labute approximate surface area is 160 Å². The fourth-order valence-corrected chi connectivity index (χ4v) is 4.39. The summed E-state index contributed by atoms with van der Waals surface area (Å²) >= 11 is 0. The largest absolute Gasteiger partial charge is 0.256 e. The van der Waals surface area contributed by atoms with Crippen molar-refractivity contribution in [2.75, 3.05) is 0 Å². The summed E-state index contributed by atoms with van der Waals surface area (Å²) in [5, 5.41) is 2.62. The molecule has 0 unspecified atom stereocenters. The first-order valence-electron chi connectivity index (χ1n) is 9.75. The van der Waals surface area contributed by atoms with Gasteiger partial charge in [0.2, 0.25) is 5.69 Å². The molecule has 2 heteroatoms. The van der Waals surface area contributed by atoms with Crippen molar-refractivity contribution in [3.05, 3.63) is 83.7 Å². The molecule has 0 radical (unpaired) electrons. The maximum atomic E-state index is 4.77. The van der Waals surface area contributed by atoms with Crippen LogP contribution in [-0.4, -0.2) is 4.98 Å². The zero-order valence-electron chi connectivity index (χ0n) is 15.9. The third-order valence-electron chi connectivity index (χ3n) is 5.73. The maximum absolute atomic E-state index is 4.77. The van der Waals surface area contributed by atoms with Gasteiger partial charge in [0.1, 0.15) is 0 Å². The first kappa shape index (κ1) is 16.2. The van der Waals surface area contributed by atoms with Crippen LogP contribution in [0.3, 0.4) is 0 Å². The fourth-order valence-electron chi connectivity index (χ4n) is 4.39. The average Bonchev–Trinajstić information content (AvgIpc) is 2.72. The van der Waals surface area contributed by atoms with E-state index >= 15 is 0 Å². The zero-order chi connectivity index (χ0) is 18.4. The summed E-state index contributed by atoms with van der Waals surface area (Å²) in [5.74, 6) is 0. The Bertz CT molecular complexity index is 1170. The highest BCUT2D eigenvalue weighted by Crippen LogP contribution is 2.40. The van der Waals surface area contributed by atoms with E-state index < -0.39 is 0 Å². The number of nitrogens with zero attached hydrogens (tertiary/aromatic N) is 2. The highest BCUT2D eigenvalue weighted by atomic mass is 15.0. The van der Waals surface area contributed by atoms with E-state index in [0.717, 1.165) is 25.1 Å². The van der Waals surface area contributed by atoms with Crippen LogP contribution < -0.4 is 4.57 Å². The Kier molecular flexibility index (Phi) is 3.78. The number of benzene rings is 2. The lowest BCUT2D eigenvalue weighted by Crippen LogP contribution is -2.40. The lowest BCUT2D eigenvalue weighted by atomic mass is 9.85. The summed E-state index contributed by atoms with van der Waals surface area (Å²) in [5.41, 5.74) is 9.16. The SMILES string of the molecule is CCc1ccc2c(c1-c1cc(C)ccn1)-c1c3ccccc3cc[n+]1CC2. The molecule has 3 heterocycles. The third kappa shape index (κ3) is 2.56. The number of aromatic nitrogens is 2. The average molecular weight is 351 g/mol. The molecule has 1 aliphatic heterocycles. The molecule has 2 nitrogen and oxygen atoms in total. The maximum Gasteiger partial charge on any atom is 0.221 e. The highest BCUT2D eigenvalue weighted by Gasteiger charge is 2.29. The van der Waals surface area contributed by atoms with E-state index in [9.17, 15) is 0 Å². The van der Waals surface area contributed by atoms with Gasteiger partial charge in [-0.05, 0) is 53.6 Å². The van der Waals surface area contributed by atoms with Crippen molar-refractivity contribution in [1.82, 2.24) is 4.98 Å². The minimum Gasteiger partial charge on any atom is -0.256 e. The van der Waals surface area contributed by atoms with Gasteiger partial charge >= 0.3 is 0 Å². The van der Waals surface area contributed by atoms with Crippen LogP contribution in [0.25, 0.3) is 33.3 Å². The summed E-state index contributed by atoms with van der Waals surface area (Å²) in [6.45, 7) is 5.41. The topological polar surface area (TPSA) is 16.8 Å². The van der Waals surface area contributed by atoms with Crippen LogP contribution in [0.4, 0.5) is 0 Å². The van der Waals surface area contributed by atoms with Gasteiger partial charge in [-0.15, -0.1) is 0 Å². The van der Waals surface area contributed by atoms with E-state index in [-0.39, 0.29) is 0 Å². The number of fused-ring (bicyclic) bond motifs is 5. The molecule has 0 atom stereocenters. The van der Waals surface area contributed by atoms with Crippen molar-refractivity contribution in [2.45, 2.75) is 33.2 Å². The Morgan fingerprint density at radius 2 is 1.89 bits per heavy atom. The van der Waals surface area contributed by atoms with Crippen LogP contribution in [-0.2, 0) is 19.4 Å². The summed E-state index contributed by atoms with van der Waals surface area (Å²) < 4.78 is 2.42. The van der Waals surface area contributed by atoms with Gasteiger partial charge < -0.3 is 0 Å². The smallest absolute Gasteiger partial charge is 0.221 e. The van der Waals surface area contributed by atoms with Crippen molar-refractivity contribution in [3.8, 4) is 22.5 Å². The molecule has 0 fully saturated rings. The third-order valence-corrected chi connectivity index (χ3v) is 5.73. The summed E-state index contributed by atoms with van der Waals surface area (Å²) in [6.07, 6.45) is 6.24. The summed E-state index contributed by atoms with van der Waals surface area (Å²) in [7, 11) is 0. The molecule has 0 N–H and O–H groups in total. The van der Waals surface area contributed by atoms with Crippen molar-refractivity contribution in [1.29, 1.82) is 0 Å². The monoisotopic (exact) mass is 351 g/mol. The molecule has 4 aromatic rings. The van der Waals surface area contributed by atoms with Crippen LogP contribution in [0.5, 0.6) is 0 Å². The molecule has 0 saturated heterocycles. The van der Waals surface area contributed by atoms with Gasteiger partial charge in [0.25, 0.3) is 0 Å². The molecule has 2 aromatic carbocycles. The molecule has 0 saturated carbocycles. The van der Waals surface area contributed by atoms with Gasteiger partial charge in [0, 0.05) is 24.2 Å². The van der Waals surface area contributed by atoms with Crippen LogP contribution in [0.15, 0.2) is 67.0 Å². The fraction of sp³-hybridized carbons (Fsp3) is 0.200. The van der Waals surface area contributed by atoms with Crippen LogP contribution in [0, 0.1) is 6.92 Å². The molecule has 27 heavy (non-hydrogen) atoms. The second-order valence-corrected chi connectivity index (χ2v) is 7.40. The lowest BCUT2D eigenvalue weighted by Gasteiger charge is -2.21. The Morgan fingerprint density at radius 3 is 2.74 bits per heavy atom. The van der Waals surface area contributed by atoms with Gasteiger partial charge in [-0.1, -0.05) is 37.3 Å². The molecule has 0 aliphatic carbocycles. The van der Waals surface area contributed by atoms with E-state index in [1.54, 1.807) is 0 Å². The lowest BCUT2D eigenvalue weighted by molar-refractivity contribution is -0.686. The highest BCUT2D eigenvalue weighted by molar-refractivity contribution is 5.98. The minimum atomic E-state index is 1.00. The van der Waals surface area contributed by atoms with Crippen LogP contribution in [0.2, 0.25) is 0 Å². The molecular formula is C25H23N2+. The number of rotatable bonds is 2. The number of aryl methyl sites for hydroxylation is 4. The van der Waals surface area contributed by atoms with Gasteiger partial charge in [0.05, 0.1) is 16.6 Å². The van der Waals surface area contributed by atoms with E-state index in [1.807, 2.05) is 6.20 Å².